The Morgan fingerprint density at radius 3 is 2.10 bits per heavy atom. The molecule has 0 aliphatic heterocycles. The van der Waals surface area contributed by atoms with Crippen molar-refractivity contribution in [2.24, 2.45) is 0 Å². The minimum absolute atomic E-state index is 0.0226. The number of aromatic nitrogens is 1. The van der Waals surface area contributed by atoms with Crippen LogP contribution in [0.25, 0.3) is 31.9 Å². The Kier molecular flexibility index (Phi) is 4.37. The van der Waals surface area contributed by atoms with Gasteiger partial charge in [0.25, 0.3) is 0 Å². The fourth-order valence-corrected chi connectivity index (χ4v) is 4.67. The SMILES string of the molecule is O=C(Cn1c2ccccc2c(=O)c2ccccc21)OCc1csc2ccccc12. The number of para-hydroxylation sites is 2. The molecule has 0 saturated heterocycles. The van der Waals surface area contributed by atoms with Crippen molar-refractivity contribution in [1.82, 2.24) is 4.57 Å². The Morgan fingerprint density at radius 1 is 0.828 bits per heavy atom. The van der Waals surface area contributed by atoms with Crippen LogP contribution in [0.3, 0.4) is 0 Å². The third-order valence-electron chi connectivity index (χ3n) is 5.12. The molecule has 142 valence electrons. The van der Waals surface area contributed by atoms with Gasteiger partial charge in [-0.15, -0.1) is 11.3 Å². The molecular formula is C24H17NO3S. The lowest BCUT2D eigenvalue weighted by Gasteiger charge is -2.14. The number of hydrogen-bond donors (Lipinski definition) is 0. The predicted octanol–water partition coefficient (Wildman–Crippen LogP) is 5.11. The fraction of sp³-hybridized carbons (Fsp3) is 0.0833. The van der Waals surface area contributed by atoms with Gasteiger partial charge in [0.15, 0.2) is 5.43 Å². The number of carbonyl (C=O) groups is 1. The molecule has 0 radical (unpaired) electrons. The molecular weight excluding hydrogens is 382 g/mol. The number of thiophene rings is 1. The summed E-state index contributed by atoms with van der Waals surface area (Å²) in [5.41, 5.74) is 2.45. The lowest BCUT2D eigenvalue weighted by Crippen LogP contribution is -2.18. The Balaban J connectivity index is 1.48. The first-order valence-electron chi connectivity index (χ1n) is 9.33. The van der Waals surface area contributed by atoms with Gasteiger partial charge in [0, 0.05) is 21.0 Å². The van der Waals surface area contributed by atoms with Crippen LogP contribution in [0.1, 0.15) is 5.56 Å². The average Bonchev–Trinajstić information content (AvgIpc) is 3.18. The highest BCUT2D eigenvalue weighted by molar-refractivity contribution is 7.17. The summed E-state index contributed by atoms with van der Waals surface area (Å²) >= 11 is 1.64. The number of pyridine rings is 1. The highest BCUT2D eigenvalue weighted by Gasteiger charge is 2.14. The number of hydrogen-bond acceptors (Lipinski definition) is 4. The van der Waals surface area contributed by atoms with Crippen LogP contribution >= 0.6 is 11.3 Å². The van der Waals surface area contributed by atoms with Crippen molar-refractivity contribution in [3.63, 3.8) is 0 Å². The molecule has 2 aromatic heterocycles. The molecule has 0 spiro atoms. The molecule has 0 saturated carbocycles. The molecule has 29 heavy (non-hydrogen) atoms. The number of ether oxygens (including phenoxy) is 1. The van der Waals surface area contributed by atoms with E-state index in [1.54, 1.807) is 23.5 Å². The van der Waals surface area contributed by atoms with Crippen LogP contribution in [-0.4, -0.2) is 10.5 Å². The first kappa shape index (κ1) is 17.6. The second kappa shape index (κ2) is 7.18. The van der Waals surface area contributed by atoms with E-state index in [0.717, 1.165) is 22.0 Å². The summed E-state index contributed by atoms with van der Waals surface area (Å²) in [7, 11) is 0. The molecule has 0 fully saturated rings. The zero-order chi connectivity index (χ0) is 19.8. The van der Waals surface area contributed by atoms with Crippen molar-refractivity contribution < 1.29 is 9.53 Å². The van der Waals surface area contributed by atoms with Gasteiger partial charge in [0.1, 0.15) is 13.2 Å². The number of esters is 1. The van der Waals surface area contributed by atoms with Crippen LogP contribution in [0.5, 0.6) is 0 Å². The van der Waals surface area contributed by atoms with Gasteiger partial charge in [-0.25, -0.2) is 0 Å². The smallest absolute Gasteiger partial charge is 0.326 e. The van der Waals surface area contributed by atoms with Gasteiger partial charge >= 0.3 is 5.97 Å². The largest absolute Gasteiger partial charge is 0.459 e. The monoisotopic (exact) mass is 399 g/mol. The quantitative estimate of drug-likeness (QED) is 0.312. The van der Waals surface area contributed by atoms with E-state index in [0.29, 0.717) is 10.8 Å². The zero-order valence-corrected chi connectivity index (χ0v) is 16.3. The average molecular weight is 399 g/mol. The second-order valence-electron chi connectivity index (χ2n) is 6.87. The summed E-state index contributed by atoms with van der Waals surface area (Å²) in [5, 5.41) is 4.34. The molecule has 5 rings (SSSR count). The van der Waals surface area contributed by atoms with Crippen molar-refractivity contribution in [2.75, 3.05) is 0 Å². The molecule has 4 nitrogen and oxygen atoms in total. The van der Waals surface area contributed by atoms with Crippen molar-refractivity contribution in [3.05, 3.63) is 94.0 Å². The van der Waals surface area contributed by atoms with E-state index in [-0.39, 0.29) is 24.5 Å². The summed E-state index contributed by atoms with van der Waals surface area (Å²) in [4.78, 5) is 25.5. The van der Waals surface area contributed by atoms with Crippen LogP contribution in [0.15, 0.2) is 83.0 Å². The highest BCUT2D eigenvalue weighted by atomic mass is 32.1. The summed E-state index contributed by atoms with van der Waals surface area (Å²) in [6.45, 7) is 0.280. The lowest BCUT2D eigenvalue weighted by atomic mass is 10.1. The molecule has 5 aromatic rings. The van der Waals surface area contributed by atoms with Crippen LogP contribution in [0.4, 0.5) is 0 Å². The van der Waals surface area contributed by atoms with Crippen LogP contribution in [-0.2, 0) is 22.7 Å². The first-order chi connectivity index (χ1) is 14.2. The third-order valence-corrected chi connectivity index (χ3v) is 6.13. The van der Waals surface area contributed by atoms with Gasteiger partial charge in [0.2, 0.25) is 0 Å². The Hall–Kier alpha value is -3.44. The van der Waals surface area contributed by atoms with Crippen LogP contribution in [0.2, 0.25) is 0 Å². The Bertz CT molecular complexity index is 1370. The van der Waals surface area contributed by atoms with E-state index in [9.17, 15) is 9.59 Å². The topological polar surface area (TPSA) is 48.3 Å². The molecule has 3 aromatic carbocycles. The molecule has 0 bridgehead atoms. The van der Waals surface area contributed by atoms with E-state index in [1.165, 1.54) is 4.70 Å². The second-order valence-corrected chi connectivity index (χ2v) is 7.78. The number of benzene rings is 3. The van der Waals surface area contributed by atoms with Crippen LogP contribution < -0.4 is 5.43 Å². The maximum atomic E-state index is 12.8. The van der Waals surface area contributed by atoms with Gasteiger partial charge in [0.05, 0.1) is 11.0 Å². The minimum atomic E-state index is -0.334. The lowest BCUT2D eigenvalue weighted by molar-refractivity contribution is -0.145. The fourth-order valence-electron chi connectivity index (χ4n) is 3.72. The maximum Gasteiger partial charge on any atom is 0.326 e. The molecule has 0 unspecified atom stereocenters. The molecule has 2 heterocycles. The highest BCUT2D eigenvalue weighted by Crippen LogP contribution is 2.26. The number of carbonyl (C=O) groups excluding carboxylic acids is 1. The van der Waals surface area contributed by atoms with Gasteiger partial charge in [-0.1, -0.05) is 42.5 Å². The van der Waals surface area contributed by atoms with Gasteiger partial charge in [-0.3, -0.25) is 9.59 Å². The van der Waals surface area contributed by atoms with Gasteiger partial charge in [-0.05, 0) is 41.1 Å². The first-order valence-corrected chi connectivity index (χ1v) is 10.2. The van der Waals surface area contributed by atoms with Crippen molar-refractivity contribution in [3.8, 4) is 0 Å². The van der Waals surface area contributed by atoms with E-state index >= 15 is 0 Å². The van der Waals surface area contributed by atoms with Crippen LogP contribution in [0, 0.1) is 0 Å². The predicted molar refractivity (Wildman–Crippen MR) is 117 cm³/mol. The third kappa shape index (κ3) is 3.09. The summed E-state index contributed by atoms with van der Waals surface area (Å²) in [6.07, 6.45) is 0. The number of rotatable bonds is 4. The molecule has 0 aliphatic rings. The Morgan fingerprint density at radius 2 is 1.41 bits per heavy atom. The number of nitrogens with zero attached hydrogens (tertiary/aromatic N) is 1. The van der Waals surface area contributed by atoms with Crippen molar-refractivity contribution in [2.45, 2.75) is 13.2 Å². The van der Waals surface area contributed by atoms with E-state index in [2.05, 4.69) is 6.07 Å². The molecule has 0 atom stereocenters. The van der Waals surface area contributed by atoms with Gasteiger partial charge < -0.3 is 9.30 Å². The van der Waals surface area contributed by atoms with Crippen molar-refractivity contribution in [1.29, 1.82) is 0 Å². The molecule has 0 aliphatic carbocycles. The van der Waals surface area contributed by atoms with E-state index in [1.807, 2.05) is 64.5 Å². The van der Waals surface area contributed by atoms with Gasteiger partial charge in [-0.2, -0.15) is 0 Å². The molecule has 0 N–H and O–H groups in total. The zero-order valence-electron chi connectivity index (χ0n) is 15.5. The molecule has 0 amide bonds. The minimum Gasteiger partial charge on any atom is -0.459 e. The maximum absolute atomic E-state index is 12.8. The standard InChI is InChI=1S/C24H17NO3S/c26-23(28-14-16-15-29-22-12-6-3-7-17(16)22)13-25-20-10-4-1-8-18(20)24(27)19-9-2-5-11-21(19)25/h1-12,15H,13-14H2. The normalized spacial score (nSPS) is 11.3. The Labute approximate surface area is 170 Å². The summed E-state index contributed by atoms with van der Waals surface area (Å²) in [5.74, 6) is -0.334. The van der Waals surface area contributed by atoms with E-state index < -0.39 is 0 Å². The summed E-state index contributed by atoms with van der Waals surface area (Å²) < 4.78 is 8.63. The van der Waals surface area contributed by atoms with E-state index in [4.69, 9.17) is 4.74 Å². The number of fused-ring (bicyclic) bond motifs is 3. The van der Waals surface area contributed by atoms with Crippen molar-refractivity contribution >= 4 is 49.2 Å². The summed E-state index contributed by atoms with van der Waals surface area (Å²) in [6, 6.07) is 22.8. The molecule has 5 heteroatoms.